The Morgan fingerprint density at radius 2 is 1.73 bits per heavy atom. The Labute approximate surface area is 193 Å². The van der Waals surface area contributed by atoms with Gasteiger partial charge in [-0.15, -0.1) is 11.3 Å². The predicted molar refractivity (Wildman–Crippen MR) is 118 cm³/mol. The zero-order chi connectivity index (χ0) is 24.4. The number of benzene rings is 2. The van der Waals surface area contributed by atoms with E-state index in [4.69, 9.17) is 4.74 Å². The lowest BCUT2D eigenvalue weighted by atomic mass is 10.0. The third kappa shape index (κ3) is 5.56. The predicted octanol–water partition coefficient (Wildman–Crippen LogP) is 5.69. The quantitative estimate of drug-likeness (QED) is 0.392. The average Bonchev–Trinajstić information content (AvgIpc) is 3.15. The first kappa shape index (κ1) is 24.8. The fourth-order valence-corrected chi connectivity index (χ4v) is 6.16. The Kier molecular flexibility index (Phi) is 7.18. The van der Waals surface area contributed by atoms with Crippen LogP contribution >= 0.6 is 11.3 Å². The molecule has 0 spiro atoms. The lowest BCUT2D eigenvalue weighted by Crippen LogP contribution is -2.07. The Morgan fingerprint density at radius 1 is 1.06 bits per heavy atom. The minimum Gasteiger partial charge on any atom is -0.494 e. The highest BCUT2D eigenvalue weighted by atomic mass is 32.2. The van der Waals surface area contributed by atoms with Gasteiger partial charge in [-0.25, -0.2) is 8.42 Å². The number of sulfone groups is 1. The normalized spacial score (nSPS) is 11.9. The lowest BCUT2D eigenvalue weighted by molar-refractivity contribution is -0.140. The van der Waals surface area contributed by atoms with Crippen molar-refractivity contribution in [1.29, 1.82) is 0 Å². The smallest absolute Gasteiger partial charge is 0.416 e. The van der Waals surface area contributed by atoms with Crippen molar-refractivity contribution in [3.8, 4) is 16.9 Å². The maximum atomic E-state index is 13.4. The molecule has 10 heteroatoms. The summed E-state index contributed by atoms with van der Waals surface area (Å²) in [5, 5.41) is 0. The van der Waals surface area contributed by atoms with E-state index in [0.717, 1.165) is 23.5 Å². The van der Waals surface area contributed by atoms with Crippen LogP contribution in [0.25, 0.3) is 11.1 Å². The SMILES string of the molecule is CCOc1cc(CC(=O)OC)cc(S(=O)(=O)c2cc(-c3ccc(C(F)(F)F)cc3)c(C)s2)c1. The summed E-state index contributed by atoms with van der Waals surface area (Å²) in [7, 11) is -2.74. The minimum absolute atomic E-state index is 0.0348. The van der Waals surface area contributed by atoms with Gasteiger partial charge in [0.25, 0.3) is 0 Å². The van der Waals surface area contributed by atoms with Crippen molar-refractivity contribution in [1.82, 2.24) is 0 Å². The molecule has 0 aliphatic heterocycles. The molecule has 0 unspecified atom stereocenters. The zero-order valence-electron chi connectivity index (χ0n) is 18.0. The number of hydrogen-bond acceptors (Lipinski definition) is 6. The molecule has 0 saturated carbocycles. The molecule has 3 rings (SSSR count). The lowest BCUT2D eigenvalue weighted by Gasteiger charge is -2.10. The summed E-state index contributed by atoms with van der Waals surface area (Å²) in [5.41, 5.74) is 0.649. The molecule has 1 aromatic heterocycles. The molecule has 33 heavy (non-hydrogen) atoms. The highest BCUT2D eigenvalue weighted by molar-refractivity contribution is 7.93. The van der Waals surface area contributed by atoms with E-state index in [1.54, 1.807) is 19.9 Å². The third-order valence-electron chi connectivity index (χ3n) is 4.82. The Balaban J connectivity index is 2.02. The molecular weight excluding hydrogens is 477 g/mol. The van der Waals surface area contributed by atoms with E-state index in [1.165, 1.54) is 37.4 Å². The van der Waals surface area contributed by atoms with Crippen LogP contribution in [0.3, 0.4) is 0 Å². The molecule has 176 valence electrons. The Morgan fingerprint density at radius 3 is 2.30 bits per heavy atom. The van der Waals surface area contributed by atoms with E-state index in [9.17, 15) is 26.4 Å². The molecule has 0 N–H and O–H groups in total. The van der Waals surface area contributed by atoms with Gasteiger partial charge in [-0.3, -0.25) is 4.79 Å². The van der Waals surface area contributed by atoms with Crippen molar-refractivity contribution >= 4 is 27.1 Å². The third-order valence-corrected chi connectivity index (χ3v) is 8.08. The summed E-state index contributed by atoms with van der Waals surface area (Å²) in [5.74, 6) is -0.225. The number of thiophene rings is 1. The van der Waals surface area contributed by atoms with Gasteiger partial charge in [-0.05, 0) is 66.9 Å². The van der Waals surface area contributed by atoms with Crippen molar-refractivity contribution in [2.24, 2.45) is 0 Å². The van der Waals surface area contributed by atoms with Crippen LogP contribution in [0.15, 0.2) is 57.6 Å². The van der Waals surface area contributed by atoms with Crippen molar-refractivity contribution in [2.45, 2.75) is 35.5 Å². The maximum absolute atomic E-state index is 13.4. The Hall–Kier alpha value is -2.85. The fraction of sp³-hybridized carbons (Fsp3) is 0.261. The van der Waals surface area contributed by atoms with Crippen molar-refractivity contribution in [3.05, 3.63) is 64.5 Å². The first-order valence-corrected chi connectivity index (χ1v) is 12.1. The molecule has 0 amide bonds. The van der Waals surface area contributed by atoms with Crippen LogP contribution in [0, 0.1) is 6.92 Å². The number of methoxy groups -OCH3 is 1. The topological polar surface area (TPSA) is 69.7 Å². The second kappa shape index (κ2) is 9.56. The summed E-state index contributed by atoms with van der Waals surface area (Å²) in [6.07, 6.45) is -4.58. The molecule has 1 heterocycles. The number of hydrogen-bond donors (Lipinski definition) is 0. The number of alkyl halides is 3. The van der Waals surface area contributed by atoms with Gasteiger partial charge in [-0.2, -0.15) is 13.2 Å². The first-order valence-electron chi connectivity index (χ1n) is 9.82. The maximum Gasteiger partial charge on any atom is 0.416 e. The molecule has 5 nitrogen and oxygen atoms in total. The Bertz CT molecular complexity index is 1260. The highest BCUT2D eigenvalue weighted by Crippen LogP contribution is 2.38. The number of carbonyl (C=O) groups is 1. The van der Waals surface area contributed by atoms with Gasteiger partial charge in [0.15, 0.2) is 0 Å². The minimum atomic E-state index is -4.45. The van der Waals surface area contributed by atoms with E-state index in [1.807, 2.05) is 0 Å². The van der Waals surface area contributed by atoms with Crippen LogP contribution in [0.2, 0.25) is 0 Å². The fourth-order valence-electron chi connectivity index (χ4n) is 3.21. The summed E-state index contributed by atoms with van der Waals surface area (Å²) in [6.45, 7) is 3.76. The van der Waals surface area contributed by atoms with E-state index in [-0.39, 0.29) is 15.5 Å². The first-order chi connectivity index (χ1) is 15.5. The summed E-state index contributed by atoms with van der Waals surface area (Å²) >= 11 is 1.02. The average molecular weight is 499 g/mol. The molecule has 2 aromatic carbocycles. The molecule has 0 radical (unpaired) electrons. The van der Waals surface area contributed by atoms with Gasteiger partial charge in [0.1, 0.15) is 9.96 Å². The van der Waals surface area contributed by atoms with Gasteiger partial charge in [0.05, 0.1) is 30.6 Å². The van der Waals surface area contributed by atoms with Crippen LogP contribution in [-0.2, 0) is 32.0 Å². The monoisotopic (exact) mass is 498 g/mol. The standard InChI is InChI=1S/C23H21F3O5S2/c1-4-31-18-9-15(11-21(27)30-3)10-19(12-18)33(28,29)22-13-20(14(2)32-22)16-5-7-17(8-6-16)23(24,25)26/h5-10,12-13H,4,11H2,1-3H3. The van der Waals surface area contributed by atoms with Crippen molar-refractivity contribution < 1.29 is 35.9 Å². The number of halogens is 3. The summed E-state index contributed by atoms with van der Waals surface area (Å²) in [6, 6.07) is 10.4. The largest absolute Gasteiger partial charge is 0.494 e. The van der Waals surface area contributed by atoms with Gasteiger partial charge < -0.3 is 9.47 Å². The number of rotatable bonds is 7. The molecule has 0 saturated heterocycles. The number of ether oxygens (including phenoxy) is 2. The van der Waals surface area contributed by atoms with Crippen molar-refractivity contribution in [3.63, 3.8) is 0 Å². The summed E-state index contributed by atoms with van der Waals surface area (Å²) < 4.78 is 75.5. The second-order valence-electron chi connectivity index (χ2n) is 7.11. The van der Waals surface area contributed by atoms with E-state index in [0.29, 0.717) is 33.9 Å². The van der Waals surface area contributed by atoms with Gasteiger partial charge in [-0.1, -0.05) is 12.1 Å². The van der Waals surface area contributed by atoms with Crippen LogP contribution < -0.4 is 4.74 Å². The second-order valence-corrected chi connectivity index (χ2v) is 10.5. The summed E-state index contributed by atoms with van der Waals surface area (Å²) in [4.78, 5) is 12.3. The van der Waals surface area contributed by atoms with Crippen LogP contribution in [0.5, 0.6) is 5.75 Å². The molecule has 0 fully saturated rings. The number of aryl methyl sites for hydroxylation is 1. The molecular formula is C23H21F3O5S2. The molecule has 0 atom stereocenters. The van der Waals surface area contributed by atoms with Crippen molar-refractivity contribution in [2.75, 3.05) is 13.7 Å². The zero-order valence-corrected chi connectivity index (χ0v) is 19.7. The molecule has 3 aromatic rings. The van der Waals surface area contributed by atoms with E-state index < -0.39 is 27.5 Å². The molecule has 0 aliphatic rings. The van der Waals surface area contributed by atoms with E-state index in [2.05, 4.69) is 4.74 Å². The molecule has 0 bridgehead atoms. The van der Waals surface area contributed by atoms with E-state index >= 15 is 0 Å². The molecule has 0 aliphatic carbocycles. The van der Waals surface area contributed by atoms with Crippen LogP contribution in [0.1, 0.15) is 22.9 Å². The number of carbonyl (C=O) groups excluding carboxylic acids is 1. The number of esters is 1. The van der Waals surface area contributed by atoms with Gasteiger partial charge in [0, 0.05) is 4.88 Å². The van der Waals surface area contributed by atoms with Gasteiger partial charge in [0.2, 0.25) is 9.84 Å². The highest BCUT2D eigenvalue weighted by Gasteiger charge is 2.30. The van der Waals surface area contributed by atoms with Crippen LogP contribution in [-0.4, -0.2) is 28.1 Å². The van der Waals surface area contributed by atoms with Gasteiger partial charge >= 0.3 is 12.1 Å². The van der Waals surface area contributed by atoms with Crippen LogP contribution in [0.4, 0.5) is 13.2 Å².